The van der Waals surface area contributed by atoms with Crippen LogP contribution in [0.1, 0.15) is 6.42 Å². The lowest BCUT2D eigenvalue weighted by Crippen LogP contribution is -2.54. The van der Waals surface area contributed by atoms with Crippen LogP contribution in [-0.4, -0.2) is 30.4 Å². The molecule has 1 radical (unpaired) electrons. The van der Waals surface area contributed by atoms with Crippen molar-refractivity contribution in [1.82, 2.24) is 0 Å². The predicted octanol–water partition coefficient (Wildman–Crippen LogP) is 3.72. The minimum Gasteiger partial charge on any atom is -0.234 e. The summed E-state index contributed by atoms with van der Waals surface area (Å²) < 4.78 is 109. The summed E-state index contributed by atoms with van der Waals surface area (Å²) in [7, 11) is 0. The van der Waals surface area contributed by atoms with Crippen molar-refractivity contribution in [2.45, 2.75) is 36.8 Å². The predicted molar refractivity (Wildman–Crippen MR) is 35.7 cm³/mol. The Hall–Kier alpha value is -0.630. The van der Waals surface area contributed by atoms with E-state index in [-0.39, 0.29) is 0 Å². The van der Waals surface area contributed by atoms with Crippen LogP contribution in [0.5, 0.6) is 0 Å². The first-order valence-corrected chi connectivity index (χ1v) is 3.77. The minimum absolute atomic E-state index is 1.71. The zero-order chi connectivity index (χ0) is 13.4. The molecule has 0 nitrogen and oxygen atoms in total. The largest absolute Gasteiger partial charge is 0.425 e. The molecule has 0 aliphatic heterocycles. The molecular formula is C7H6F9. The van der Waals surface area contributed by atoms with Crippen molar-refractivity contribution in [2.75, 3.05) is 0 Å². The van der Waals surface area contributed by atoms with Gasteiger partial charge < -0.3 is 0 Å². The van der Waals surface area contributed by atoms with Gasteiger partial charge in [0.1, 0.15) is 0 Å². The summed E-state index contributed by atoms with van der Waals surface area (Å²) in [4.78, 5) is 0. The van der Waals surface area contributed by atoms with Crippen LogP contribution in [-0.2, 0) is 0 Å². The Kier molecular flexibility index (Phi) is 4.15. The molecule has 1 unspecified atom stereocenters. The Bertz CT molecular complexity index is 231. The van der Waals surface area contributed by atoms with Crippen LogP contribution in [0.4, 0.5) is 39.5 Å². The van der Waals surface area contributed by atoms with Crippen molar-refractivity contribution in [3.05, 3.63) is 6.92 Å². The van der Waals surface area contributed by atoms with Gasteiger partial charge >= 0.3 is 12.1 Å². The molecule has 0 spiro atoms. The lowest BCUT2D eigenvalue weighted by atomic mass is 10.0. The van der Waals surface area contributed by atoms with Crippen LogP contribution in [0.2, 0.25) is 0 Å². The number of hydrogen-bond acceptors (Lipinski definition) is 0. The first-order chi connectivity index (χ1) is 6.87. The van der Waals surface area contributed by atoms with Crippen molar-refractivity contribution in [3.8, 4) is 0 Å². The molecule has 9 heteroatoms. The Morgan fingerprint density at radius 1 is 0.812 bits per heavy atom. The zero-order valence-electron chi connectivity index (χ0n) is 7.47. The normalized spacial score (nSPS) is 18.4. The SMILES string of the molecule is [CH2]CC(F)(F)C(F)C(F)(F)[C@H](F)C(F)(F)F. The van der Waals surface area contributed by atoms with Crippen molar-refractivity contribution >= 4 is 0 Å². The Morgan fingerprint density at radius 2 is 1.19 bits per heavy atom. The molecule has 0 aliphatic carbocycles. The van der Waals surface area contributed by atoms with Crippen LogP contribution in [0.3, 0.4) is 0 Å². The molecule has 0 N–H and O–H groups in total. The number of halogens is 9. The fourth-order valence-electron chi connectivity index (χ4n) is 0.755. The first-order valence-electron chi connectivity index (χ1n) is 3.77. The monoisotopic (exact) mass is 261 g/mol. The smallest absolute Gasteiger partial charge is 0.234 e. The summed E-state index contributed by atoms with van der Waals surface area (Å²) in [5, 5.41) is 0. The average molecular weight is 261 g/mol. The molecule has 0 saturated heterocycles. The maximum absolute atomic E-state index is 12.5. The van der Waals surface area contributed by atoms with Crippen molar-refractivity contribution in [1.29, 1.82) is 0 Å². The van der Waals surface area contributed by atoms with E-state index >= 15 is 0 Å². The van der Waals surface area contributed by atoms with Gasteiger partial charge in [0, 0.05) is 6.42 Å². The second kappa shape index (κ2) is 4.33. The Balaban J connectivity index is 5.06. The van der Waals surface area contributed by atoms with Gasteiger partial charge in [-0.25, -0.2) is 17.6 Å². The molecule has 0 aromatic rings. The summed E-state index contributed by atoms with van der Waals surface area (Å²) >= 11 is 0. The van der Waals surface area contributed by atoms with E-state index in [1.54, 1.807) is 0 Å². The molecule has 97 valence electrons. The maximum Gasteiger partial charge on any atom is 0.425 e. The Morgan fingerprint density at radius 3 is 1.44 bits per heavy atom. The molecule has 2 atom stereocenters. The van der Waals surface area contributed by atoms with Crippen LogP contribution in [0, 0.1) is 6.92 Å². The summed E-state index contributed by atoms with van der Waals surface area (Å²) in [5.74, 6) is -10.7. The van der Waals surface area contributed by atoms with E-state index in [2.05, 4.69) is 6.92 Å². The molecule has 0 aromatic carbocycles. The summed E-state index contributed by atoms with van der Waals surface area (Å²) in [6, 6.07) is 0. The summed E-state index contributed by atoms with van der Waals surface area (Å²) in [5.41, 5.74) is 0. The second-order valence-electron chi connectivity index (χ2n) is 2.95. The first kappa shape index (κ1) is 15.4. The number of rotatable bonds is 4. The van der Waals surface area contributed by atoms with Gasteiger partial charge in [0.15, 0.2) is 0 Å². The lowest BCUT2D eigenvalue weighted by Gasteiger charge is -2.29. The molecule has 0 heterocycles. The lowest BCUT2D eigenvalue weighted by molar-refractivity contribution is -0.281. The van der Waals surface area contributed by atoms with Crippen LogP contribution < -0.4 is 0 Å². The molecule has 0 saturated carbocycles. The van der Waals surface area contributed by atoms with Gasteiger partial charge in [-0.3, -0.25) is 0 Å². The highest BCUT2D eigenvalue weighted by molar-refractivity contribution is 4.96. The van der Waals surface area contributed by atoms with Crippen molar-refractivity contribution < 1.29 is 39.5 Å². The van der Waals surface area contributed by atoms with Crippen molar-refractivity contribution in [3.63, 3.8) is 0 Å². The van der Waals surface area contributed by atoms with Gasteiger partial charge in [0.2, 0.25) is 6.17 Å². The standard InChI is InChI=1S/C7H6F9/c1-2-5(10,11)3(8)6(12,13)4(9)7(14,15)16/h3-4H,1-2H2/t3?,4-/m0/s1. The van der Waals surface area contributed by atoms with Gasteiger partial charge in [-0.15, -0.1) is 0 Å². The van der Waals surface area contributed by atoms with Gasteiger partial charge in [0.25, 0.3) is 12.1 Å². The average Bonchev–Trinajstić information content (AvgIpc) is 2.13. The zero-order valence-corrected chi connectivity index (χ0v) is 7.47. The van der Waals surface area contributed by atoms with E-state index in [4.69, 9.17) is 0 Å². The van der Waals surface area contributed by atoms with E-state index in [9.17, 15) is 39.5 Å². The van der Waals surface area contributed by atoms with Crippen LogP contribution in [0.25, 0.3) is 0 Å². The van der Waals surface area contributed by atoms with E-state index in [0.29, 0.717) is 0 Å². The van der Waals surface area contributed by atoms with Crippen molar-refractivity contribution in [2.24, 2.45) is 0 Å². The highest BCUT2D eigenvalue weighted by atomic mass is 19.4. The molecule has 0 aliphatic rings. The third-order valence-corrected chi connectivity index (χ3v) is 1.67. The fraction of sp³-hybridized carbons (Fsp3) is 0.857. The summed E-state index contributed by atoms with van der Waals surface area (Å²) in [6.45, 7) is 2.39. The molecule has 16 heavy (non-hydrogen) atoms. The van der Waals surface area contributed by atoms with Crippen LogP contribution >= 0.6 is 0 Å². The Labute approximate surface area is 84.4 Å². The third-order valence-electron chi connectivity index (χ3n) is 1.67. The summed E-state index contributed by atoms with van der Waals surface area (Å²) in [6.07, 6.45) is -17.4. The van der Waals surface area contributed by atoms with E-state index in [0.717, 1.165) is 0 Å². The minimum atomic E-state index is -6.12. The molecule has 0 aromatic heterocycles. The van der Waals surface area contributed by atoms with Gasteiger partial charge in [0.05, 0.1) is 0 Å². The highest BCUT2D eigenvalue weighted by Gasteiger charge is 2.66. The van der Waals surface area contributed by atoms with Gasteiger partial charge in [-0.05, 0) is 6.92 Å². The molecular weight excluding hydrogens is 255 g/mol. The number of alkyl halides is 9. The molecule has 0 fully saturated rings. The van der Waals surface area contributed by atoms with E-state index in [1.807, 2.05) is 0 Å². The quantitative estimate of drug-likeness (QED) is 0.676. The second-order valence-corrected chi connectivity index (χ2v) is 2.95. The topological polar surface area (TPSA) is 0 Å². The molecule has 0 bridgehead atoms. The van der Waals surface area contributed by atoms with E-state index < -0.39 is 36.8 Å². The van der Waals surface area contributed by atoms with Gasteiger partial charge in [-0.1, -0.05) is 0 Å². The fourth-order valence-corrected chi connectivity index (χ4v) is 0.755. The molecule has 0 amide bonds. The molecule has 0 rings (SSSR count). The number of hydrogen-bond donors (Lipinski definition) is 0. The third kappa shape index (κ3) is 2.94. The van der Waals surface area contributed by atoms with Crippen LogP contribution in [0.15, 0.2) is 0 Å². The van der Waals surface area contributed by atoms with E-state index in [1.165, 1.54) is 0 Å². The maximum atomic E-state index is 12.5. The van der Waals surface area contributed by atoms with Gasteiger partial charge in [-0.2, -0.15) is 22.0 Å². The highest BCUT2D eigenvalue weighted by Crippen LogP contribution is 2.43.